The molecule has 0 bridgehead atoms. The molecule has 1 heterocycles. The van der Waals surface area contributed by atoms with Crippen molar-refractivity contribution >= 4 is 17.9 Å². The monoisotopic (exact) mass is 377 g/mol. The Hall–Kier alpha value is -2.41. The molecule has 0 unspecified atom stereocenters. The molecule has 1 aromatic carbocycles. The number of rotatable bonds is 6. The molecule has 148 valence electrons. The number of nitrogens with one attached hydrogen (secondary N) is 1. The van der Waals surface area contributed by atoms with E-state index in [-0.39, 0.29) is 12.2 Å². The number of hydrogen-bond donors (Lipinski definition) is 1. The number of carbonyl (C=O) groups is 3. The van der Waals surface area contributed by atoms with E-state index in [4.69, 9.17) is 14.2 Å². The van der Waals surface area contributed by atoms with Crippen LogP contribution in [-0.2, 0) is 28.6 Å². The molecule has 0 amide bonds. The SMILES string of the molecule is COC(=O)[C@H]1N[C@@H](c2ccccc2)[C@@H](C(=O)OC(C)C)[C@H]1C(=O)OC(C)C. The van der Waals surface area contributed by atoms with Crippen LogP contribution in [0.2, 0.25) is 0 Å². The standard InChI is InChI=1S/C20H27NO6/c1-11(2)26-18(22)14-15(19(23)27-12(3)4)17(20(24)25-5)21-16(14)13-9-7-6-8-10-13/h6-12,14-17,21H,1-5H3/t14-,15+,16-,17-/m0/s1. The Balaban J connectivity index is 2.48. The summed E-state index contributed by atoms with van der Waals surface area (Å²) >= 11 is 0. The average molecular weight is 377 g/mol. The molecular weight excluding hydrogens is 350 g/mol. The van der Waals surface area contributed by atoms with Crippen LogP contribution in [0.25, 0.3) is 0 Å². The molecule has 27 heavy (non-hydrogen) atoms. The van der Waals surface area contributed by atoms with Gasteiger partial charge in [0.25, 0.3) is 0 Å². The highest BCUT2D eigenvalue weighted by Crippen LogP contribution is 2.39. The molecule has 1 aliphatic rings. The van der Waals surface area contributed by atoms with E-state index in [1.165, 1.54) is 7.11 Å². The Labute approximate surface area is 159 Å². The van der Waals surface area contributed by atoms with E-state index in [1.807, 2.05) is 30.3 Å². The highest BCUT2D eigenvalue weighted by atomic mass is 16.6. The lowest BCUT2D eigenvalue weighted by Gasteiger charge is -2.24. The van der Waals surface area contributed by atoms with Gasteiger partial charge in [-0.25, -0.2) is 0 Å². The lowest BCUT2D eigenvalue weighted by molar-refractivity contribution is -0.166. The lowest BCUT2D eigenvalue weighted by Crippen LogP contribution is -2.43. The fourth-order valence-corrected chi connectivity index (χ4v) is 3.31. The van der Waals surface area contributed by atoms with Crippen LogP contribution in [0.1, 0.15) is 39.3 Å². The molecule has 0 aromatic heterocycles. The second kappa shape index (κ2) is 8.99. The van der Waals surface area contributed by atoms with Crippen LogP contribution in [0.5, 0.6) is 0 Å². The van der Waals surface area contributed by atoms with Crippen LogP contribution >= 0.6 is 0 Å². The maximum Gasteiger partial charge on any atom is 0.323 e. The van der Waals surface area contributed by atoms with Gasteiger partial charge in [-0.2, -0.15) is 0 Å². The summed E-state index contributed by atoms with van der Waals surface area (Å²) in [7, 11) is 1.24. The van der Waals surface area contributed by atoms with Gasteiger partial charge in [-0.05, 0) is 33.3 Å². The Morgan fingerprint density at radius 3 is 1.85 bits per heavy atom. The third-order valence-corrected chi connectivity index (χ3v) is 4.33. The topological polar surface area (TPSA) is 90.9 Å². The number of ether oxygens (including phenoxy) is 3. The van der Waals surface area contributed by atoms with E-state index in [2.05, 4.69) is 5.32 Å². The normalized spacial score (nSPS) is 24.7. The predicted molar refractivity (Wildman–Crippen MR) is 97.6 cm³/mol. The van der Waals surface area contributed by atoms with Gasteiger partial charge in [0.15, 0.2) is 0 Å². The third-order valence-electron chi connectivity index (χ3n) is 4.33. The van der Waals surface area contributed by atoms with Crippen molar-refractivity contribution in [2.45, 2.75) is 52.0 Å². The Bertz CT molecular complexity index is 672. The molecule has 1 aliphatic heterocycles. The zero-order valence-corrected chi connectivity index (χ0v) is 16.3. The maximum absolute atomic E-state index is 12.9. The summed E-state index contributed by atoms with van der Waals surface area (Å²) in [5, 5.41) is 3.09. The van der Waals surface area contributed by atoms with E-state index in [1.54, 1.807) is 27.7 Å². The van der Waals surface area contributed by atoms with Crippen molar-refractivity contribution in [3.05, 3.63) is 35.9 Å². The minimum Gasteiger partial charge on any atom is -0.468 e. The number of hydrogen-bond acceptors (Lipinski definition) is 7. The van der Waals surface area contributed by atoms with Gasteiger partial charge in [-0.1, -0.05) is 30.3 Å². The third kappa shape index (κ3) is 4.86. The highest BCUT2D eigenvalue weighted by Gasteiger charge is 2.55. The predicted octanol–water partition coefficient (Wildman–Crippen LogP) is 2.01. The minimum absolute atomic E-state index is 0.354. The second-order valence-corrected chi connectivity index (χ2v) is 7.08. The first-order valence-electron chi connectivity index (χ1n) is 9.06. The first kappa shape index (κ1) is 20.9. The van der Waals surface area contributed by atoms with Crippen molar-refractivity contribution in [3.63, 3.8) is 0 Å². The van der Waals surface area contributed by atoms with Gasteiger partial charge in [0, 0.05) is 6.04 Å². The van der Waals surface area contributed by atoms with Gasteiger partial charge < -0.3 is 14.2 Å². The number of methoxy groups -OCH3 is 1. The Morgan fingerprint density at radius 1 is 0.852 bits per heavy atom. The molecule has 7 nitrogen and oxygen atoms in total. The first-order chi connectivity index (χ1) is 12.8. The van der Waals surface area contributed by atoms with Crippen LogP contribution in [0, 0.1) is 11.8 Å². The maximum atomic E-state index is 12.9. The van der Waals surface area contributed by atoms with Crippen molar-refractivity contribution < 1.29 is 28.6 Å². The molecule has 0 saturated carbocycles. The smallest absolute Gasteiger partial charge is 0.323 e. The van der Waals surface area contributed by atoms with E-state index in [0.29, 0.717) is 0 Å². The molecule has 1 fully saturated rings. The van der Waals surface area contributed by atoms with E-state index in [0.717, 1.165) is 5.56 Å². The van der Waals surface area contributed by atoms with Crippen molar-refractivity contribution in [2.24, 2.45) is 11.8 Å². The Kier molecular flexibility index (Phi) is 6.96. The van der Waals surface area contributed by atoms with Crippen molar-refractivity contribution in [3.8, 4) is 0 Å². The van der Waals surface area contributed by atoms with Gasteiger partial charge >= 0.3 is 17.9 Å². The van der Waals surface area contributed by atoms with Crippen LogP contribution in [-0.4, -0.2) is 43.3 Å². The number of benzene rings is 1. The molecule has 4 atom stereocenters. The van der Waals surface area contributed by atoms with Crippen LogP contribution in [0.4, 0.5) is 0 Å². The number of carbonyl (C=O) groups excluding carboxylic acids is 3. The summed E-state index contributed by atoms with van der Waals surface area (Å²) in [6.07, 6.45) is -0.735. The lowest BCUT2D eigenvalue weighted by atomic mass is 9.84. The molecule has 0 spiro atoms. The minimum atomic E-state index is -1.05. The van der Waals surface area contributed by atoms with Crippen LogP contribution in [0.3, 0.4) is 0 Å². The van der Waals surface area contributed by atoms with Gasteiger partial charge in [0.05, 0.1) is 31.2 Å². The molecule has 2 rings (SSSR count). The number of esters is 3. The molecule has 1 aromatic rings. The highest BCUT2D eigenvalue weighted by molar-refractivity contribution is 5.91. The second-order valence-electron chi connectivity index (χ2n) is 7.08. The molecule has 7 heteroatoms. The Morgan fingerprint density at radius 2 is 1.37 bits per heavy atom. The first-order valence-corrected chi connectivity index (χ1v) is 9.06. The fourth-order valence-electron chi connectivity index (χ4n) is 3.31. The quantitative estimate of drug-likeness (QED) is 0.599. The van der Waals surface area contributed by atoms with E-state index >= 15 is 0 Å². The van der Waals surface area contributed by atoms with Crippen molar-refractivity contribution in [1.82, 2.24) is 5.32 Å². The fraction of sp³-hybridized carbons (Fsp3) is 0.550. The van der Waals surface area contributed by atoms with Crippen LogP contribution in [0.15, 0.2) is 30.3 Å². The average Bonchev–Trinajstić information content (AvgIpc) is 3.01. The summed E-state index contributed by atoms with van der Waals surface area (Å²) in [5.41, 5.74) is 0.775. The van der Waals surface area contributed by atoms with Gasteiger partial charge in [-0.15, -0.1) is 0 Å². The molecule has 0 aliphatic carbocycles. The zero-order valence-electron chi connectivity index (χ0n) is 16.3. The molecule has 1 N–H and O–H groups in total. The van der Waals surface area contributed by atoms with Gasteiger partial charge in [-0.3, -0.25) is 19.7 Å². The summed E-state index contributed by atoms with van der Waals surface area (Å²) in [6.45, 7) is 6.89. The largest absolute Gasteiger partial charge is 0.468 e. The van der Waals surface area contributed by atoms with E-state index in [9.17, 15) is 14.4 Å². The summed E-state index contributed by atoms with van der Waals surface area (Å²) in [6, 6.07) is 7.59. The van der Waals surface area contributed by atoms with E-state index < -0.39 is 41.8 Å². The molecule has 0 radical (unpaired) electrons. The summed E-state index contributed by atoms with van der Waals surface area (Å²) < 4.78 is 15.6. The van der Waals surface area contributed by atoms with Crippen molar-refractivity contribution in [2.75, 3.05) is 7.11 Å². The molecule has 1 saturated heterocycles. The molecular formula is C20H27NO6. The van der Waals surface area contributed by atoms with Gasteiger partial charge in [0.2, 0.25) is 0 Å². The summed E-state index contributed by atoms with van der Waals surface area (Å²) in [5.74, 6) is -3.76. The van der Waals surface area contributed by atoms with Gasteiger partial charge in [0.1, 0.15) is 6.04 Å². The zero-order chi connectivity index (χ0) is 20.1. The summed E-state index contributed by atoms with van der Waals surface area (Å²) in [4.78, 5) is 38.0. The van der Waals surface area contributed by atoms with Crippen LogP contribution < -0.4 is 5.32 Å². The van der Waals surface area contributed by atoms with Crippen molar-refractivity contribution in [1.29, 1.82) is 0 Å².